The van der Waals surface area contributed by atoms with Gasteiger partial charge in [-0.25, -0.2) is 9.78 Å². The first-order valence-corrected chi connectivity index (χ1v) is 7.66. The standard InChI is InChI=1S/C16H17N5O2/c17-13-5-10(11-7-15(22)20-18-8-11)6-14-12(13)9-19-21(14)16-3-1-2-4-23-16/h5-9,16H,1-4,17H2,(H,20,22). The van der Waals surface area contributed by atoms with E-state index in [-0.39, 0.29) is 11.8 Å². The van der Waals surface area contributed by atoms with Crippen LogP contribution >= 0.6 is 0 Å². The summed E-state index contributed by atoms with van der Waals surface area (Å²) in [6.45, 7) is 0.749. The maximum absolute atomic E-state index is 11.5. The van der Waals surface area contributed by atoms with Crippen molar-refractivity contribution in [3.05, 3.63) is 40.9 Å². The van der Waals surface area contributed by atoms with E-state index >= 15 is 0 Å². The molecule has 1 aliphatic heterocycles. The van der Waals surface area contributed by atoms with E-state index in [2.05, 4.69) is 15.3 Å². The number of benzene rings is 1. The number of fused-ring (bicyclic) bond motifs is 1. The first kappa shape index (κ1) is 14.0. The molecule has 3 heterocycles. The molecule has 0 aliphatic carbocycles. The second-order valence-electron chi connectivity index (χ2n) is 5.74. The molecule has 1 saturated heterocycles. The van der Waals surface area contributed by atoms with Gasteiger partial charge in [-0.3, -0.25) is 4.79 Å². The lowest BCUT2D eigenvalue weighted by Gasteiger charge is -2.23. The highest BCUT2D eigenvalue weighted by molar-refractivity contribution is 5.94. The Hall–Kier alpha value is -2.67. The zero-order valence-electron chi connectivity index (χ0n) is 12.5. The van der Waals surface area contributed by atoms with Crippen LogP contribution in [0.3, 0.4) is 0 Å². The molecule has 2 aromatic heterocycles. The Kier molecular flexibility index (Phi) is 3.34. The van der Waals surface area contributed by atoms with Crippen molar-refractivity contribution in [3.8, 4) is 11.1 Å². The van der Waals surface area contributed by atoms with Crippen LogP contribution in [0.15, 0.2) is 35.4 Å². The Morgan fingerprint density at radius 2 is 2.13 bits per heavy atom. The fourth-order valence-electron chi connectivity index (χ4n) is 3.02. The van der Waals surface area contributed by atoms with Crippen LogP contribution < -0.4 is 11.3 Å². The first-order chi connectivity index (χ1) is 11.2. The molecule has 7 nitrogen and oxygen atoms in total. The third-order valence-corrected chi connectivity index (χ3v) is 4.17. The molecule has 1 fully saturated rings. The molecule has 23 heavy (non-hydrogen) atoms. The van der Waals surface area contributed by atoms with Crippen LogP contribution in [0.2, 0.25) is 0 Å². The second-order valence-corrected chi connectivity index (χ2v) is 5.74. The summed E-state index contributed by atoms with van der Waals surface area (Å²) < 4.78 is 7.71. The highest BCUT2D eigenvalue weighted by atomic mass is 16.5. The van der Waals surface area contributed by atoms with Crippen LogP contribution in [-0.4, -0.2) is 26.6 Å². The molecular weight excluding hydrogens is 294 g/mol. The van der Waals surface area contributed by atoms with Crippen LogP contribution in [0, 0.1) is 0 Å². The number of aromatic amines is 1. The van der Waals surface area contributed by atoms with Gasteiger partial charge in [-0.05, 0) is 37.0 Å². The molecule has 0 bridgehead atoms. The van der Waals surface area contributed by atoms with Crippen molar-refractivity contribution in [2.45, 2.75) is 25.5 Å². The summed E-state index contributed by atoms with van der Waals surface area (Å²) in [6.07, 6.45) is 6.46. The van der Waals surface area contributed by atoms with E-state index < -0.39 is 0 Å². The van der Waals surface area contributed by atoms with Gasteiger partial charge in [0.05, 0.1) is 17.9 Å². The van der Waals surface area contributed by atoms with Crippen molar-refractivity contribution < 1.29 is 4.74 Å². The van der Waals surface area contributed by atoms with E-state index in [0.717, 1.165) is 47.9 Å². The lowest BCUT2D eigenvalue weighted by Crippen LogP contribution is -2.19. The van der Waals surface area contributed by atoms with E-state index in [9.17, 15) is 4.79 Å². The van der Waals surface area contributed by atoms with Gasteiger partial charge >= 0.3 is 0 Å². The quantitative estimate of drug-likeness (QED) is 0.706. The topological polar surface area (TPSA) is 98.8 Å². The minimum Gasteiger partial charge on any atom is -0.398 e. The van der Waals surface area contributed by atoms with Crippen molar-refractivity contribution in [2.24, 2.45) is 0 Å². The number of nitrogen functional groups attached to an aromatic ring is 1. The predicted molar refractivity (Wildman–Crippen MR) is 86.8 cm³/mol. The van der Waals surface area contributed by atoms with E-state index in [1.54, 1.807) is 12.4 Å². The molecule has 0 amide bonds. The number of nitrogens with two attached hydrogens (primary N) is 1. The lowest BCUT2D eigenvalue weighted by atomic mass is 10.0. The van der Waals surface area contributed by atoms with Crippen LogP contribution in [0.5, 0.6) is 0 Å². The molecular formula is C16H17N5O2. The fraction of sp³-hybridized carbons (Fsp3) is 0.312. The molecule has 1 unspecified atom stereocenters. The molecule has 118 valence electrons. The molecule has 7 heteroatoms. The van der Waals surface area contributed by atoms with Gasteiger partial charge in [0.15, 0.2) is 6.23 Å². The van der Waals surface area contributed by atoms with Gasteiger partial charge in [0.1, 0.15) is 0 Å². The van der Waals surface area contributed by atoms with Crippen molar-refractivity contribution >= 4 is 16.6 Å². The maximum Gasteiger partial charge on any atom is 0.264 e. The number of nitrogens with one attached hydrogen (secondary N) is 1. The van der Waals surface area contributed by atoms with Gasteiger partial charge in [-0.15, -0.1) is 0 Å². The monoisotopic (exact) mass is 311 g/mol. The summed E-state index contributed by atoms with van der Waals surface area (Å²) in [5, 5.41) is 11.6. The van der Waals surface area contributed by atoms with E-state index in [1.165, 1.54) is 6.07 Å². The molecule has 0 spiro atoms. The van der Waals surface area contributed by atoms with E-state index in [1.807, 2.05) is 16.8 Å². The average Bonchev–Trinajstić information content (AvgIpc) is 3.00. The number of aromatic nitrogens is 4. The summed E-state index contributed by atoms with van der Waals surface area (Å²) in [5.74, 6) is 0. The summed E-state index contributed by atoms with van der Waals surface area (Å²) in [6, 6.07) is 5.32. The molecule has 1 aromatic carbocycles. The fourth-order valence-corrected chi connectivity index (χ4v) is 3.02. The van der Waals surface area contributed by atoms with E-state index in [0.29, 0.717) is 5.69 Å². The molecule has 3 N–H and O–H groups in total. The maximum atomic E-state index is 11.5. The Morgan fingerprint density at radius 3 is 2.91 bits per heavy atom. The third kappa shape index (κ3) is 2.49. The first-order valence-electron chi connectivity index (χ1n) is 7.66. The van der Waals surface area contributed by atoms with E-state index in [4.69, 9.17) is 10.5 Å². The number of hydrogen-bond acceptors (Lipinski definition) is 5. The number of anilines is 1. The zero-order valence-corrected chi connectivity index (χ0v) is 12.5. The van der Waals surface area contributed by atoms with Gasteiger partial charge in [0.25, 0.3) is 5.56 Å². The SMILES string of the molecule is Nc1cc(-c2cn[nH]c(=O)c2)cc2c1cnn2C1CCCCO1. The molecule has 0 saturated carbocycles. The highest BCUT2D eigenvalue weighted by Crippen LogP contribution is 2.32. The Morgan fingerprint density at radius 1 is 1.22 bits per heavy atom. The third-order valence-electron chi connectivity index (χ3n) is 4.17. The molecule has 4 rings (SSSR count). The summed E-state index contributed by atoms with van der Waals surface area (Å²) in [5.41, 5.74) is 9.02. The number of ether oxygens (including phenoxy) is 1. The minimum absolute atomic E-state index is 0.0619. The summed E-state index contributed by atoms with van der Waals surface area (Å²) in [4.78, 5) is 11.5. The number of hydrogen-bond donors (Lipinski definition) is 2. The van der Waals surface area contributed by atoms with Crippen molar-refractivity contribution in [1.82, 2.24) is 20.0 Å². The van der Waals surface area contributed by atoms with Crippen molar-refractivity contribution in [2.75, 3.05) is 12.3 Å². The molecule has 0 radical (unpaired) electrons. The van der Waals surface area contributed by atoms with Crippen LogP contribution in [-0.2, 0) is 4.74 Å². The molecule has 1 aliphatic rings. The highest BCUT2D eigenvalue weighted by Gasteiger charge is 2.19. The van der Waals surface area contributed by atoms with Crippen molar-refractivity contribution in [3.63, 3.8) is 0 Å². The van der Waals surface area contributed by atoms with Gasteiger partial charge in [-0.1, -0.05) is 0 Å². The Balaban J connectivity index is 1.86. The van der Waals surface area contributed by atoms with Gasteiger partial charge in [0, 0.05) is 29.3 Å². The Labute approximate surface area is 132 Å². The summed E-state index contributed by atoms with van der Waals surface area (Å²) >= 11 is 0. The van der Waals surface area contributed by atoms with Crippen LogP contribution in [0.4, 0.5) is 5.69 Å². The zero-order chi connectivity index (χ0) is 15.8. The summed E-state index contributed by atoms with van der Waals surface area (Å²) in [7, 11) is 0. The molecule has 1 atom stereocenters. The minimum atomic E-state index is -0.245. The average molecular weight is 311 g/mol. The van der Waals surface area contributed by atoms with Crippen molar-refractivity contribution in [1.29, 1.82) is 0 Å². The van der Waals surface area contributed by atoms with Gasteiger partial charge < -0.3 is 10.5 Å². The predicted octanol–water partition coefficient (Wildman–Crippen LogP) is 2.07. The largest absolute Gasteiger partial charge is 0.398 e. The van der Waals surface area contributed by atoms with Gasteiger partial charge in [0.2, 0.25) is 0 Å². The van der Waals surface area contributed by atoms with Crippen LogP contribution in [0.1, 0.15) is 25.5 Å². The smallest absolute Gasteiger partial charge is 0.264 e. The van der Waals surface area contributed by atoms with Gasteiger partial charge in [-0.2, -0.15) is 10.2 Å². The van der Waals surface area contributed by atoms with Crippen LogP contribution in [0.25, 0.3) is 22.0 Å². The number of rotatable bonds is 2. The lowest BCUT2D eigenvalue weighted by molar-refractivity contribution is -0.0366. The second kappa shape index (κ2) is 5.51. The Bertz CT molecular complexity index is 908. The normalized spacial score (nSPS) is 18.3. The number of H-pyrrole nitrogens is 1. The number of nitrogens with zero attached hydrogens (tertiary/aromatic N) is 3. The molecule has 3 aromatic rings.